The number of carboxylic acid groups (broad SMARTS) is 1. The molecule has 0 radical (unpaired) electrons. The predicted molar refractivity (Wildman–Crippen MR) is 61.7 cm³/mol. The highest BCUT2D eigenvalue weighted by molar-refractivity contribution is 8.01. The lowest BCUT2D eigenvalue weighted by molar-refractivity contribution is -0.138. The van der Waals surface area contributed by atoms with Crippen molar-refractivity contribution in [1.82, 2.24) is 0 Å². The number of fused-ring (bicyclic) bond motifs is 1. The Morgan fingerprint density at radius 1 is 1.50 bits per heavy atom. The van der Waals surface area contributed by atoms with E-state index in [1.165, 1.54) is 16.7 Å². The summed E-state index contributed by atoms with van der Waals surface area (Å²) in [5.74, 6) is -1.09. The van der Waals surface area contributed by atoms with Crippen molar-refractivity contribution < 1.29 is 14.7 Å². The van der Waals surface area contributed by atoms with E-state index in [0.717, 1.165) is 10.6 Å². The Morgan fingerprint density at radius 3 is 2.88 bits per heavy atom. The number of para-hydroxylation sites is 1. The molecule has 1 aliphatic heterocycles. The molecule has 16 heavy (non-hydrogen) atoms. The Bertz CT molecular complexity index is 447. The Morgan fingerprint density at radius 2 is 2.19 bits per heavy atom. The number of thioether (sulfide) groups is 1. The molecule has 0 saturated carbocycles. The van der Waals surface area contributed by atoms with Crippen LogP contribution in [0.5, 0.6) is 0 Å². The second kappa shape index (κ2) is 4.17. The summed E-state index contributed by atoms with van der Waals surface area (Å²) in [4.78, 5) is 25.0. The van der Waals surface area contributed by atoms with Crippen LogP contribution in [0.4, 0.5) is 5.69 Å². The second-order valence-electron chi connectivity index (χ2n) is 3.57. The van der Waals surface area contributed by atoms with Gasteiger partial charge in [0.05, 0.1) is 17.4 Å². The quantitative estimate of drug-likeness (QED) is 0.848. The SMILES string of the molecule is CN1C(=O)C(CC(=O)O)Sc2ccccc21. The van der Waals surface area contributed by atoms with E-state index in [1.807, 2.05) is 24.3 Å². The van der Waals surface area contributed by atoms with Crippen molar-refractivity contribution in [3.63, 3.8) is 0 Å². The summed E-state index contributed by atoms with van der Waals surface area (Å²) in [6, 6.07) is 7.50. The number of rotatable bonds is 2. The highest BCUT2D eigenvalue weighted by Crippen LogP contribution is 2.39. The number of carbonyl (C=O) groups excluding carboxylic acids is 1. The fourth-order valence-corrected chi connectivity index (χ4v) is 2.93. The molecule has 1 aromatic carbocycles. The minimum atomic E-state index is -0.946. The first-order chi connectivity index (χ1) is 7.59. The molecule has 0 aromatic heterocycles. The lowest BCUT2D eigenvalue weighted by atomic mass is 10.2. The van der Waals surface area contributed by atoms with Gasteiger partial charge < -0.3 is 10.0 Å². The summed E-state index contributed by atoms with van der Waals surface area (Å²) >= 11 is 1.33. The lowest BCUT2D eigenvalue weighted by Crippen LogP contribution is -2.39. The average molecular weight is 237 g/mol. The molecule has 1 amide bonds. The molecule has 1 atom stereocenters. The van der Waals surface area contributed by atoms with Gasteiger partial charge in [-0.15, -0.1) is 11.8 Å². The minimum Gasteiger partial charge on any atom is -0.481 e. The van der Waals surface area contributed by atoms with E-state index in [-0.39, 0.29) is 12.3 Å². The number of anilines is 1. The van der Waals surface area contributed by atoms with E-state index in [1.54, 1.807) is 7.05 Å². The molecule has 5 heteroatoms. The molecule has 1 N–H and O–H groups in total. The first-order valence-electron chi connectivity index (χ1n) is 4.84. The molecular formula is C11H11NO3S. The fraction of sp³-hybridized carbons (Fsp3) is 0.273. The second-order valence-corrected chi connectivity index (χ2v) is 4.81. The van der Waals surface area contributed by atoms with Crippen LogP contribution in [-0.4, -0.2) is 29.3 Å². The van der Waals surface area contributed by atoms with Gasteiger partial charge in [0.1, 0.15) is 0 Å². The van der Waals surface area contributed by atoms with E-state index in [0.29, 0.717) is 0 Å². The summed E-state index contributed by atoms with van der Waals surface area (Å²) in [6.45, 7) is 0. The smallest absolute Gasteiger partial charge is 0.305 e. The van der Waals surface area contributed by atoms with Crippen LogP contribution in [0.15, 0.2) is 29.2 Å². The predicted octanol–water partition coefficient (Wildman–Crippen LogP) is 1.60. The zero-order valence-corrected chi connectivity index (χ0v) is 9.53. The molecular weight excluding hydrogens is 226 g/mol. The standard InChI is InChI=1S/C11H11NO3S/c1-12-7-4-2-3-5-8(7)16-9(11(12)15)6-10(13)14/h2-5,9H,6H2,1H3,(H,13,14). The van der Waals surface area contributed by atoms with Crippen molar-refractivity contribution in [3.8, 4) is 0 Å². The van der Waals surface area contributed by atoms with E-state index in [2.05, 4.69) is 0 Å². The molecule has 0 fully saturated rings. The summed E-state index contributed by atoms with van der Waals surface area (Å²) in [5.41, 5.74) is 0.846. The van der Waals surface area contributed by atoms with Gasteiger partial charge in [0.15, 0.2) is 0 Å². The van der Waals surface area contributed by atoms with Crippen LogP contribution >= 0.6 is 11.8 Å². The monoisotopic (exact) mass is 237 g/mol. The molecule has 0 aliphatic carbocycles. The van der Waals surface area contributed by atoms with Crippen molar-refractivity contribution in [1.29, 1.82) is 0 Å². The van der Waals surface area contributed by atoms with Gasteiger partial charge >= 0.3 is 5.97 Å². The van der Waals surface area contributed by atoms with Crippen LogP contribution in [-0.2, 0) is 9.59 Å². The molecule has 1 aromatic rings. The molecule has 1 unspecified atom stereocenters. The lowest BCUT2D eigenvalue weighted by Gasteiger charge is -2.30. The average Bonchev–Trinajstić information content (AvgIpc) is 2.25. The van der Waals surface area contributed by atoms with Gasteiger partial charge in [-0.1, -0.05) is 12.1 Å². The van der Waals surface area contributed by atoms with Crippen LogP contribution < -0.4 is 4.90 Å². The first-order valence-corrected chi connectivity index (χ1v) is 5.72. The third-order valence-electron chi connectivity index (χ3n) is 2.46. The van der Waals surface area contributed by atoms with Crippen molar-refractivity contribution in [2.45, 2.75) is 16.6 Å². The zero-order chi connectivity index (χ0) is 11.7. The normalized spacial score (nSPS) is 19.4. The number of nitrogens with zero attached hydrogens (tertiary/aromatic N) is 1. The first kappa shape index (κ1) is 11.0. The number of benzene rings is 1. The number of hydrogen-bond acceptors (Lipinski definition) is 3. The van der Waals surface area contributed by atoms with Gasteiger partial charge in [-0.2, -0.15) is 0 Å². The Balaban J connectivity index is 2.32. The topological polar surface area (TPSA) is 57.6 Å². The number of aliphatic carboxylic acids is 1. The van der Waals surface area contributed by atoms with E-state index >= 15 is 0 Å². The molecule has 0 spiro atoms. The van der Waals surface area contributed by atoms with E-state index < -0.39 is 11.2 Å². The summed E-state index contributed by atoms with van der Waals surface area (Å²) < 4.78 is 0. The molecule has 0 bridgehead atoms. The van der Waals surface area contributed by atoms with Crippen molar-refractivity contribution in [2.24, 2.45) is 0 Å². The molecule has 2 rings (SSSR count). The summed E-state index contributed by atoms with van der Waals surface area (Å²) in [7, 11) is 1.68. The molecule has 4 nitrogen and oxygen atoms in total. The zero-order valence-electron chi connectivity index (χ0n) is 8.71. The third kappa shape index (κ3) is 1.90. The largest absolute Gasteiger partial charge is 0.481 e. The number of carboxylic acids is 1. The van der Waals surface area contributed by atoms with Gasteiger partial charge in [-0.3, -0.25) is 9.59 Å². The highest BCUT2D eigenvalue weighted by atomic mass is 32.2. The highest BCUT2D eigenvalue weighted by Gasteiger charge is 2.32. The molecule has 1 heterocycles. The maximum atomic E-state index is 11.9. The van der Waals surface area contributed by atoms with Crippen molar-refractivity contribution in [2.75, 3.05) is 11.9 Å². The van der Waals surface area contributed by atoms with Crippen LogP contribution in [0, 0.1) is 0 Å². The molecule has 1 aliphatic rings. The molecule has 0 saturated heterocycles. The van der Waals surface area contributed by atoms with Gasteiger partial charge in [0, 0.05) is 11.9 Å². The Labute approximate surface area is 97.3 Å². The van der Waals surface area contributed by atoms with Gasteiger partial charge in [-0.05, 0) is 12.1 Å². The fourth-order valence-electron chi connectivity index (χ4n) is 1.66. The Kier molecular flexibility index (Phi) is 2.87. The van der Waals surface area contributed by atoms with Crippen LogP contribution in [0.25, 0.3) is 0 Å². The van der Waals surface area contributed by atoms with Crippen molar-refractivity contribution in [3.05, 3.63) is 24.3 Å². The summed E-state index contributed by atoms with van der Waals surface area (Å²) in [5, 5.41) is 8.22. The van der Waals surface area contributed by atoms with Crippen LogP contribution in [0.1, 0.15) is 6.42 Å². The summed E-state index contributed by atoms with van der Waals surface area (Å²) in [6.07, 6.45) is -0.137. The number of carbonyl (C=O) groups is 2. The number of amides is 1. The van der Waals surface area contributed by atoms with Gasteiger partial charge in [-0.25, -0.2) is 0 Å². The molecule has 84 valence electrons. The van der Waals surface area contributed by atoms with Crippen LogP contribution in [0.3, 0.4) is 0 Å². The van der Waals surface area contributed by atoms with Crippen molar-refractivity contribution >= 4 is 29.3 Å². The maximum absolute atomic E-state index is 11.9. The Hall–Kier alpha value is -1.49. The van der Waals surface area contributed by atoms with E-state index in [4.69, 9.17) is 5.11 Å². The third-order valence-corrected chi connectivity index (χ3v) is 3.71. The van der Waals surface area contributed by atoms with E-state index in [9.17, 15) is 9.59 Å². The van der Waals surface area contributed by atoms with Crippen LogP contribution in [0.2, 0.25) is 0 Å². The maximum Gasteiger partial charge on any atom is 0.305 e. The van der Waals surface area contributed by atoms with Gasteiger partial charge in [0.25, 0.3) is 0 Å². The van der Waals surface area contributed by atoms with Gasteiger partial charge in [0.2, 0.25) is 5.91 Å². The minimum absolute atomic E-state index is 0.137. The number of hydrogen-bond donors (Lipinski definition) is 1.